The highest BCUT2D eigenvalue weighted by molar-refractivity contribution is 5.69. The molecule has 5 nitrogen and oxygen atoms in total. The number of carbonyl (C=O) groups is 1. The molecule has 0 radical (unpaired) electrons. The summed E-state index contributed by atoms with van der Waals surface area (Å²) in [5.74, 6) is 1.13. The number of nitrogens with two attached hydrogens (primary N) is 1. The first-order valence-corrected chi connectivity index (χ1v) is 5.07. The van der Waals surface area contributed by atoms with Crippen LogP contribution in [0.3, 0.4) is 0 Å². The van der Waals surface area contributed by atoms with Gasteiger partial charge in [0.15, 0.2) is 0 Å². The van der Waals surface area contributed by atoms with Crippen LogP contribution in [0, 0.1) is 0 Å². The predicted molar refractivity (Wildman–Crippen MR) is 57.6 cm³/mol. The highest BCUT2D eigenvalue weighted by atomic mass is 16.5. The molecule has 0 fully saturated rings. The SMILES string of the molecule is COCc1ccc(C(N)CCC(=O)OC)o1. The first-order chi connectivity index (χ1) is 7.67. The first-order valence-electron chi connectivity index (χ1n) is 5.07. The van der Waals surface area contributed by atoms with Gasteiger partial charge in [-0.05, 0) is 18.6 Å². The fraction of sp³-hybridized carbons (Fsp3) is 0.545. The van der Waals surface area contributed by atoms with Gasteiger partial charge in [-0.25, -0.2) is 0 Å². The van der Waals surface area contributed by atoms with Crippen molar-refractivity contribution >= 4 is 5.97 Å². The first kappa shape index (κ1) is 12.7. The van der Waals surface area contributed by atoms with Crippen LogP contribution in [0.5, 0.6) is 0 Å². The fourth-order valence-electron chi connectivity index (χ4n) is 1.33. The Morgan fingerprint density at radius 2 is 2.25 bits per heavy atom. The topological polar surface area (TPSA) is 74.7 Å². The molecule has 5 heteroatoms. The molecule has 1 aromatic heterocycles. The van der Waals surface area contributed by atoms with Gasteiger partial charge in [-0.2, -0.15) is 0 Å². The van der Waals surface area contributed by atoms with E-state index in [0.717, 1.165) is 5.76 Å². The molecule has 1 rings (SSSR count). The second kappa shape index (κ2) is 6.30. The van der Waals surface area contributed by atoms with Crippen molar-refractivity contribution < 1.29 is 18.7 Å². The molecule has 1 atom stereocenters. The lowest BCUT2D eigenvalue weighted by Gasteiger charge is -2.07. The maximum Gasteiger partial charge on any atom is 0.305 e. The van der Waals surface area contributed by atoms with Crippen molar-refractivity contribution in [2.75, 3.05) is 14.2 Å². The number of esters is 1. The standard InChI is InChI=1S/C11H17NO4/c1-14-7-8-3-5-10(16-8)9(12)4-6-11(13)15-2/h3,5,9H,4,6-7,12H2,1-2H3. The molecular weight excluding hydrogens is 210 g/mol. The molecule has 0 aliphatic rings. The number of rotatable bonds is 6. The minimum Gasteiger partial charge on any atom is -0.469 e. The van der Waals surface area contributed by atoms with E-state index in [1.807, 2.05) is 6.07 Å². The summed E-state index contributed by atoms with van der Waals surface area (Å²) in [5.41, 5.74) is 5.87. The van der Waals surface area contributed by atoms with E-state index in [9.17, 15) is 4.79 Å². The zero-order chi connectivity index (χ0) is 12.0. The summed E-state index contributed by atoms with van der Waals surface area (Å²) in [7, 11) is 2.96. The number of methoxy groups -OCH3 is 2. The van der Waals surface area contributed by atoms with Gasteiger partial charge in [0, 0.05) is 13.5 Å². The third-order valence-electron chi connectivity index (χ3n) is 2.22. The Kier molecular flexibility index (Phi) is 5.01. The maximum absolute atomic E-state index is 10.9. The molecule has 0 spiro atoms. The summed E-state index contributed by atoms with van der Waals surface area (Å²) in [5, 5.41) is 0. The van der Waals surface area contributed by atoms with Crippen molar-refractivity contribution in [2.45, 2.75) is 25.5 Å². The van der Waals surface area contributed by atoms with Crippen molar-refractivity contribution in [3.63, 3.8) is 0 Å². The lowest BCUT2D eigenvalue weighted by atomic mass is 10.1. The molecule has 0 aliphatic heterocycles. The van der Waals surface area contributed by atoms with E-state index < -0.39 is 0 Å². The van der Waals surface area contributed by atoms with Gasteiger partial charge in [0.1, 0.15) is 18.1 Å². The molecular formula is C11H17NO4. The van der Waals surface area contributed by atoms with Gasteiger partial charge in [-0.15, -0.1) is 0 Å². The summed E-state index contributed by atoms with van der Waals surface area (Å²) >= 11 is 0. The van der Waals surface area contributed by atoms with Crippen molar-refractivity contribution in [1.29, 1.82) is 0 Å². The van der Waals surface area contributed by atoms with Gasteiger partial charge in [0.25, 0.3) is 0 Å². The fourth-order valence-corrected chi connectivity index (χ4v) is 1.33. The van der Waals surface area contributed by atoms with Gasteiger partial charge in [0.2, 0.25) is 0 Å². The van der Waals surface area contributed by atoms with E-state index in [0.29, 0.717) is 18.8 Å². The van der Waals surface area contributed by atoms with E-state index in [-0.39, 0.29) is 18.4 Å². The van der Waals surface area contributed by atoms with Gasteiger partial charge in [-0.3, -0.25) is 4.79 Å². The number of furan rings is 1. The monoisotopic (exact) mass is 227 g/mol. The lowest BCUT2D eigenvalue weighted by Crippen LogP contribution is -2.12. The molecule has 0 aromatic carbocycles. The zero-order valence-electron chi connectivity index (χ0n) is 9.56. The molecule has 1 heterocycles. The molecule has 0 saturated heterocycles. The van der Waals surface area contributed by atoms with E-state index >= 15 is 0 Å². The van der Waals surface area contributed by atoms with Crippen molar-refractivity contribution in [1.82, 2.24) is 0 Å². The van der Waals surface area contributed by atoms with Crippen molar-refractivity contribution in [3.8, 4) is 0 Å². The maximum atomic E-state index is 10.9. The van der Waals surface area contributed by atoms with Crippen molar-refractivity contribution in [2.24, 2.45) is 5.73 Å². The second-order valence-electron chi connectivity index (χ2n) is 3.46. The number of ether oxygens (including phenoxy) is 2. The smallest absolute Gasteiger partial charge is 0.305 e. The van der Waals surface area contributed by atoms with E-state index in [2.05, 4.69) is 4.74 Å². The van der Waals surface area contributed by atoms with Gasteiger partial charge in [-0.1, -0.05) is 0 Å². The number of hydrogen-bond donors (Lipinski definition) is 1. The second-order valence-corrected chi connectivity index (χ2v) is 3.46. The lowest BCUT2D eigenvalue weighted by molar-refractivity contribution is -0.140. The zero-order valence-corrected chi connectivity index (χ0v) is 9.56. The Morgan fingerprint density at radius 1 is 1.50 bits per heavy atom. The normalized spacial score (nSPS) is 12.4. The average molecular weight is 227 g/mol. The van der Waals surface area contributed by atoms with Crippen LogP contribution < -0.4 is 5.73 Å². The summed E-state index contributed by atoms with van der Waals surface area (Å²) in [6, 6.07) is 3.33. The minimum atomic E-state index is -0.287. The molecule has 16 heavy (non-hydrogen) atoms. The Morgan fingerprint density at radius 3 is 2.88 bits per heavy atom. The Balaban J connectivity index is 2.45. The van der Waals surface area contributed by atoms with Crippen LogP contribution in [0.15, 0.2) is 16.5 Å². The molecule has 0 bridgehead atoms. The number of carbonyl (C=O) groups excluding carboxylic acids is 1. The van der Waals surface area contributed by atoms with Crippen LogP contribution in [-0.4, -0.2) is 20.2 Å². The van der Waals surface area contributed by atoms with E-state index in [4.69, 9.17) is 14.9 Å². The minimum absolute atomic E-state index is 0.265. The number of hydrogen-bond acceptors (Lipinski definition) is 5. The van der Waals surface area contributed by atoms with Crippen LogP contribution in [0.25, 0.3) is 0 Å². The van der Waals surface area contributed by atoms with E-state index in [1.165, 1.54) is 7.11 Å². The van der Waals surface area contributed by atoms with Crippen LogP contribution in [0.4, 0.5) is 0 Å². The van der Waals surface area contributed by atoms with Crippen LogP contribution in [-0.2, 0) is 20.9 Å². The summed E-state index contributed by atoms with van der Waals surface area (Å²) in [6.07, 6.45) is 0.796. The summed E-state index contributed by atoms with van der Waals surface area (Å²) < 4.78 is 14.9. The molecule has 90 valence electrons. The molecule has 2 N–H and O–H groups in total. The van der Waals surface area contributed by atoms with Crippen LogP contribution in [0.1, 0.15) is 30.4 Å². The van der Waals surface area contributed by atoms with Gasteiger partial charge < -0.3 is 19.6 Å². The molecule has 1 unspecified atom stereocenters. The molecule has 0 saturated carbocycles. The quantitative estimate of drug-likeness (QED) is 0.743. The average Bonchev–Trinajstić information content (AvgIpc) is 2.74. The molecule has 0 amide bonds. The van der Waals surface area contributed by atoms with Gasteiger partial charge in [0.05, 0.1) is 13.2 Å². The summed E-state index contributed by atoms with van der Waals surface area (Å²) in [4.78, 5) is 10.9. The summed E-state index contributed by atoms with van der Waals surface area (Å²) in [6.45, 7) is 0.420. The third kappa shape index (κ3) is 3.67. The van der Waals surface area contributed by atoms with Crippen LogP contribution in [0.2, 0.25) is 0 Å². The predicted octanol–water partition coefficient (Wildman–Crippen LogP) is 1.38. The third-order valence-corrected chi connectivity index (χ3v) is 2.22. The highest BCUT2D eigenvalue weighted by Gasteiger charge is 2.13. The highest BCUT2D eigenvalue weighted by Crippen LogP contribution is 2.19. The molecule has 1 aromatic rings. The Bertz CT molecular complexity index is 334. The largest absolute Gasteiger partial charge is 0.469 e. The molecule has 0 aliphatic carbocycles. The van der Waals surface area contributed by atoms with E-state index in [1.54, 1.807) is 13.2 Å². The Hall–Kier alpha value is -1.33. The van der Waals surface area contributed by atoms with Gasteiger partial charge >= 0.3 is 5.97 Å². The Labute approximate surface area is 94.5 Å². The van der Waals surface area contributed by atoms with Crippen LogP contribution >= 0.6 is 0 Å². The van der Waals surface area contributed by atoms with Crippen molar-refractivity contribution in [3.05, 3.63) is 23.7 Å².